The third kappa shape index (κ3) is 4.57. The molecule has 2 amide bonds. The topological polar surface area (TPSA) is 96.2 Å². The van der Waals surface area contributed by atoms with Gasteiger partial charge in [0.05, 0.1) is 17.8 Å². The van der Waals surface area contributed by atoms with Gasteiger partial charge in [0.2, 0.25) is 0 Å². The van der Waals surface area contributed by atoms with Crippen molar-refractivity contribution in [3.05, 3.63) is 47.3 Å². The van der Waals surface area contributed by atoms with Crippen LogP contribution in [0.3, 0.4) is 0 Å². The lowest BCUT2D eigenvalue weighted by Crippen LogP contribution is -2.36. The lowest BCUT2D eigenvalue weighted by atomic mass is 10.1. The van der Waals surface area contributed by atoms with Crippen LogP contribution in [0, 0.1) is 13.8 Å². The number of aliphatic carboxylic acids is 1. The number of amides is 2. The van der Waals surface area contributed by atoms with E-state index in [4.69, 9.17) is 5.11 Å². The zero-order valence-corrected chi connectivity index (χ0v) is 13.2. The van der Waals surface area contributed by atoms with E-state index in [0.717, 1.165) is 22.6 Å². The molecule has 0 unspecified atom stereocenters. The normalized spacial score (nSPS) is 10.3. The number of nitrogens with one attached hydrogen (secondary N) is 2. The van der Waals surface area contributed by atoms with Crippen LogP contribution >= 0.6 is 0 Å². The summed E-state index contributed by atoms with van der Waals surface area (Å²) in [5.41, 5.74) is 3.77. The molecule has 3 N–H and O–H groups in total. The molecule has 0 bridgehead atoms. The van der Waals surface area contributed by atoms with E-state index in [2.05, 4.69) is 15.7 Å². The fourth-order valence-corrected chi connectivity index (χ4v) is 2.26. The van der Waals surface area contributed by atoms with Crippen molar-refractivity contribution in [2.45, 2.75) is 26.8 Å². The fraction of sp³-hybridized carbons (Fsp3) is 0.312. The average Bonchev–Trinajstić information content (AvgIpc) is 2.83. The number of nitrogens with zero attached hydrogens (tertiary/aromatic N) is 2. The predicted molar refractivity (Wildman–Crippen MR) is 85.5 cm³/mol. The van der Waals surface area contributed by atoms with Gasteiger partial charge < -0.3 is 15.7 Å². The highest BCUT2D eigenvalue weighted by Crippen LogP contribution is 2.16. The van der Waals surface area contributed by atoms with Gasteiger partial charge in [-0.3, -0.25) is 4.79 Å². The van der Waals surface area contributed by atoms with E-state index >= 15 is 0 Å². The number of carboxylic acids is 1. The second kappa shape index (κ2) is 7.44. The van der Waals surface area contributed by atoms with Gasteiger partial charge in [0.1, 0.15) is 0 Å². The number of carbonyl (C=O) groups is 2. The SMILES string of the molecule is Cc1cc(C)n(-c2ccccc2CNC(=O)NCCC(=O)O)n1. The molecule has 0 aliphatic heterocycles. The number of aromatic nitrogens is 2. The Morgan fingerprint density at radius 3 is 2.61 bits per heavy atom. The molecule has 1 heterocycles. The molecule has 0 aliphatic rings. The van der Waals surface area contributed by atoms with Crippen molar-refractivity contribution in [2.24, 2.45) is 0 Å². The van der Waals surface area contributed by atoms with Crippen LogP contribution in [0.5, 0.6) is 0 Å². The van der Waals surface area contributed by atoms with Crippen molar-refractivity contribution in [3.8, 4) is 5.69 Å². The van der Waals surface area contributed by atoms with Crippen molar-refractivity contribution >= 4 is 12.0 Å². The zero-order valence-electron chi connectivity index (χ0n) is 13.2. The Kier molecular flexibility index (Phi) is 5.35. The summed E-state index contributed by atoms with van der Waals surface area (Å²) in [6.07, 6.45) is -0.101. The maximum Gasteiger partial charge on any atom is 0.315 e. The molecular formula is C16H20N4O3. The number of rotatable bonds is 6. The van der Waals surface area contributed by atoms with Crippen molar-refractivity contribution in [3.63, 3.8) is 0 Å². The molecule has 0 atom stereocenters. The molecule has 0 radical (unpaired) electrons. The average molecular weight is 316 g/mol. The highest BCUT2D eigenvalue weighted by Gasteiger charge is 2.09. The van der Waals surface area contributed by atoms with Crippen LogP contribution < -0.4 is 10.6 Å². The minimum atomic E-state index is -0.944. The third-order valence-electron chi connectivity index (χ3n) is 3.29. The number of urea groups is 1. The summed E-state index contributed by atoms with van der Waals surface area (Å²) in [6, 6.07) is 9.27. The number of benzene rings is 1. The van der Waals surface area contributed by atoms with Crippen LogP contribution in [0.25, 0.3) is 5.69 Å². The number of hydrogen-bond donors (Lipinski definition) is 3. The van der Waals surface area contributed by atoms with Gasteiger partial charge in [-0.2, -0.15) is 5.10 Å². The highest BCUT2D eigenvalue weighted by molar-refractivity contribution is 5.75. The Morgan fingerprint density at radius 1 is 1.22 bits per heavy atom. The molecule has 1 aromatic heterocycles. The van der Waals surface area contributed by atoms with Gasteiger partial charge in [0, 0.05) is 18.8 Å². The van der Waals surface area contributed by atoms with Gasteiger partial charge in [-0.15, -0.1) is 0 Å². The van der Waals surface area contributed by atoms with Gasteiger partial charge in [-0.05, 0) is 31.5 Å². The third-order valence-corrected chi connectivity index (χ3v) is 3.29. The second-order valence-corrected chi connectivity index (χ2v) is 5.22. The molecular weight excluding hydrogens is 296 g/mol. The van der Waals surface area contributed by atoms with Gasteiger partial charge in [0.15, 0.2) is 0 Å². The van der Waals surface area contributed by atoms with Gasteiger partial charge in [-0.25, -0.2) is 9.48 Å². The Labute approximate surface area is 134 Å². The van der Waals surface area contributed by atoms with Crippen molar-refractivity contribution in [1.29, 1.82) is 0 Å². The number of para-hydroxylation sites is 1. The summed E-state index contributed by atoms with van der Waals surface area (Å²) < 4.78 is 1.84. The molecule has 2 rings (SSSR count). The van der Waals surface area contributed by atoms with E-state index in [-0.39, 0.29) is 13.0 Å². The van der Waals surface area contributed by atoms with Crippen molar-refractivity contribution < 1.29 is 14.7 Å². The van der Waals surface area contributed by atoms with Crippen LogP contribution in [-0.2, 0) is 11.3 Å². The number of carbonyl (C=O) groups excluding carboxylic acids is 1. The van der Waals surface area contributed by atoms with Gasteiger partial charge in [0.25, 0.3) is 0 Å². The van der Waals surface area contributed by atoms with Gasteiger partial charge in [-0.1, -0.05) is 18.2 Å². The molecule has 7 heteroatoms. The van der Waals surface area contributed by atoms with E-state index in [1.165, 1.54) is 0 Å². The first kappa shape index (κ1) is 16.5. The van der Waals surface area contributed by atoms with Gasteiger partial charge >= 0.3 is 12.0 Å². The van der Waals surface area contributed by atoms with Crippen LogP contribution in [0.1, 0.15) is 23.4 Å². The smallest absolute Gasteiger partial charge is 0.315 e. The molecule has 0 aliphatic carbocycles. The highest BCUT2D eigenvalue weighted by atomic mass is 16.4. The summed E-state index contributed by atoms with van der Waals surface area (Å²) >= 11 is 0. The Balaban J connectivity index is 2.02. The Hall–Kier alpha value is -2.83. The first-order valence-corrected chi connectivity index (χ1v) is 7.32. The zero-order chi connectivity index (χ0) is 16.8. The monoisotopic (exact) mass is 316 g/mol. The summed E-state index contributed by atoms with van der Waals surface area (Å²) in [4.78, 5) is 22.1. The molecule has 0 fully saturated rings. The summed E-state index contributed by atoms with van der Waals surface area (Å²) in [6.45, 7) is 4.33. The molecule has 23 heavy (non-hydrogen) atoms. The van der Waals surface area contributed by atoms with E-state index in [9.17, 15) is 9.59 Å². The predicted octanol–water partition coefficient (Wildman–Crippen LogP) is 1.76. The maximum atomic E-state index is 11.7. The van der Waals surface area contributed by atoms with Crippen LogP contribution in [0.4, 0.5) is 4.79 Å². The van der Waals surface area contributed by atoms with E-state index in [1.807, 2.05) is 48.9 Å². The first-order valence-electron chi connectivity index (χ1n) is 7.32. The largest absolute Gasteiger partial charge is 0.481 e. The number of carboxylic acid groups (broad SMARTS) is 1. The number of aryl methyl sites for hydroxylation is 2. The summed E-state index contributed by atoms with van der Waals surface area (Å²) in [7, 11) is 0. The maximum absolute atomic E-state index is 11.7. The van der Waals surface area contributed by atoms with Crippen molar-refractivity contribution in [2.75, 3.05) is 6.54 Å². The molecule has 1 aromatic carbocycles. The Morgan fingerprint density at radius 2 is 1.96 bits per heavy atom. The summed E-state index contributed by atoms with van der Waals surface area (Å²) in [5, 5.41) is 18.2. The second-order valence-electron chi connectivity index (χ2n) is 5.22. The molecule has 0 saturated heterocycles. The fourth-order valence-electron chi connectivity index (χ4n) is 2.26. The molecule has 2 aromatic rings. The van der Waals surface area contributed by atoms with E-state index < -0.39 is 12.0 Å². The van der Waals surface area contributed by atoms with Crippen LogP contribution in [0.15, 0.2) is 30.3 Å². The van der Waals surface area contributed by atoms with Crippen molar-refractivity contribution in [1.82, 2.24) is 20.4 Å². The van der Waals surface area contributed by atoms with E-state index in [1.54, 1.807) is 0 Å². The Bertz CT molecular complexity index is 709. The molecule has 122 valence electrons. The standard InChI is InChI=1S/C16H20N4O3/c1-11-9-12(2)20(19-11)14-6-4-3-5-13(14)10-18-16(23)17-8-7-15(21)22/h3-6,9H,7-8,10H2,1-2H3,(H,21,22)(H2,17,18,23). The first-order chi connectivity index (χ1) is 11.0. The van der Waals surface area contributed by atoms with Crippen LogP contribution in [0.2, 0.25) is 0 Å². The number of hydrogen-bond acceptors (Lipinski definition) is 3. The minimum Gasteiger partial charge on any atom is -0.481 e. The van der Waals surface area contributed by atoms with E-state index in [0.29, 0.717) is 6.54 Å². The van der Waals surface area contributed by atoms with Crippen LogP contribution in [-0.4, -0.2) is 33.4 Å². The quantitative estimate of drug-likeness (QED) is 0.756. The molecule has 7 nitrogen and oxygen atoms in total. The minimum absolute atomic E-state index is 0.0975. The molecule has 0 saturated carbocycles. The molecule has 0 spiro atoms. The summed E-state index contributed by atoms with van der Waals surface area (Å²) in [5.74, 6) is -0.944. The lowest BCUT2D eigenvalue weighted by molar-refractivity contribution is -0.136. The lowest BCUT2D eigenvalue weighted by Gasteiger charge is -2.12.